The van der Waals surface area contributed by atoms with Gasteiger partial charge in [-0.3, -0.25) is 0 Å². The Bertz CT molecular complexity index is 1040. The Kier molecular flexibility index (Phi) is 4.15. The third kappa shape index (κ3) is 3.17. The minimum absolute atomic E-state index is 0.671. The zero-order valence-electron chi connectivity index (χ0n) is 14.4. The molecule has 3 N–H and O–H groups in total. The van der Waals surface area contributed by atoms with Crippen LogP contribution in [0, 0.1) is 0 Å². The van der Waals surface area contributed by atoms with Crippen LogP contribution >= 0.6 is 0 Å². The van der Waals surface area contributed by atoms with Gasteiger partial charge in [0, 0.05) is 17.8 Å². The number of nitrogens with one attached hydrogen (secondary N) is 1. The molecule has 0 bridgehead atoms. The quantitative estimate of drug-likeness (QED) is 0.540. The molecule has 0 amide bonds. The molecule has 0 saturated heterocycles. The van der Waals surface area contributed by atoms with Crippen molar-refractivity contribution >= 4 is 17.2 Å². The zero-order chi connectivity index (χ0) is 17.9. The smallest absolute Gasteiger partial charge is 0.154 e. The van der Waals surface area contributed by atoms with Crippen LogP contribution in [0.5, 0.6) is 5.75 Å². The summed E-state index contributed by atoms with van der Waals surface area (Å²) < 4.78 is 7.01. The van der Waals surface area contributed by atoms with E-state index in [1.165, 1.54) is 0 Å². The summed E-state index contributed by atoms with van der Waals surface area (Å²) in [7, 11) is 1.66. The molecule has 0 aliphatic rings. The summed E-state index contributed by atoms with van der Waals surface area (Å²) in [6.07, 6.45) is 1.81. The fraction of sp³-hybridized carbons (Fsp3) is 0.100. The number of imidazole rings is 1. The maximum Gasteiger partial charge on any atom is 0.154 e. The number of aromatic nitrogens is 3. The van der Waals surface area contributed by atoms with E-state index in [1.807, 2.05) is 71.4 Å². The number of nitrogens with two attached hydrogens (primary N) is 1. The molecule has 26 heavy (non-hydrogen) atoms. The molecular weight excluding hydrogens is 326 g/mol. The molecule has 0 radical (unpaired) electrons. The van der Waals surface area contributed by atoms with Crippen molar-refractivity contribution < 1.29 is 4.74 Å². The molecule has 0 aliphatic carbocycles. The van der Waals surface area contributed by atoms with E-state index in [9.17, 15) is 0 Å². The summed E-state index contributed by atoms with van der Waals surface area (Å²) in [6, 6.07) is 19.5. The highest BCUT2D eigenvalue weighted by molar-refractivity contribution is 5.67. The van der Waals surface area contributed by atoms with Crippen molar-refractivity contribution in [3.8, 4) is 17.0 Å². The second kappa shape index (κ2) is 6.76. The Hall–Kier alpha value is -3.54. The molecule has 0 atom stereocenters. The first-order chi connectivity index (χ1) is 12.7. The van der Waals surface area contributed by atoms with Crippen LogP contribution in [-0.2, 0) is 6.54 Å². The van der Waals surface area contributed by atoms with E-state index < -0.39 is 0 Å². The number of fused-ring (bicyclic) bond motifs is 1. The summed E-state index contributed by atoms with van der Waals surface area (Å²) >= 11 is 0. The highest BCUT2D eigenvalue weighted by Gasteiger charge is 2.08. The standard InChI is InChI=1S/C20H19N5O/c1-26-17-7-5-14(6-8-17)12-22-19-9-10-20-23-13-18(25(20)24-19)15-3-2-4-16(21)11-15/h2-11,13H,12,21H2,1H3,(H,22,24). The van der Waals surface area contributed by atoms with Gasteiger partial charge in [-0.15, -0.1) is 5.10 Å². The largest absolute Gasteiger partial charge is 0.497 e. The van der Waals surface area contributed by atoms with Crippen LogP contribution in [0.2, 0.25) is 0 Å². The summed E-state index contributed by atoms with van der Waals surface area (Å²) in [5.41, 5.74) is 10.4. The summed E-state index contributed by atoms with van der Waals surface area (Å²) in [5, 5.41) is 8.01. The van der Waals surface area contributed by atoms with E-state index in [4.69, 9.17) is 10.5 Å². The number of benzene rings is 2. The van der Waals surface area contributed by atoms with Crippen molar-refractivity contribution in [3.63, 3.8) is 0 Å². The molecule has 4 aromatic rings. The van der Waals surface area contributed by atoms with Gasteiger partial charge in [0.05, 0.1) is 19.0 Å². The molecule has 0 unspecified atom stereocenters. The van der Waals surface area contributed by atoms with Gasteiger partial charge in [0.1, 0.15) is 11.6 Å². The number of hydrogen-bond acceptors (Lipinski definition) is 5. The van der Waals surface area contributed by atoms with Crippen LogP contribution in [-0.4, -0.2) is 21.7 Å². The third-order valence-electron chi connectivity index (χ3n) is 4.18. The van der Waals surface area contributed by atoms with Crippen LogP contribution < -0.4 is 15.8 Å². The second-order valence-corrected chi connectivity index (χ2v) is 5.96. The van der Waals surface area contributed by atoms with Crippen molar-refractivity contribution in [2.45, 2.75) is 6.54 Å². The van der Waals surface area contributed by atoms with Gasteiger partial charge in [0.25, 0.3) is 0 Å². The van der Waals surface area contributed by atoms with Crippen LogP contribution in [0.15, 0.2) is 66.9 Å². The molecular formula is C20H19N5O. The summed E-state index contributed by atoms with van der Waals surface area (Å²) in [6.45, 7) is 0.671. The first-order valence-electron chi connectivity index (χ1n) is 8.30. The van der Waals surface area contributed by atoms with Gasteiger partial charge in [-0.25, -0.2) is 9.50 Å². The van der Waals surface area contributed by atoms with Crippen LogP contribution in [0.1, 0.15) is 5.56 Å². The minimum atomic E-state index is 0.671. The molecule has 0 saturated carbocycles. The summed E-state index contributed by atoms with van der Waals surface area (Å²) in [4.78, 5) is 4.42. The van der Waals surface area contributed by atoms with Gasteiger partial charge >= 0.3 is 0 Å². The highest BCUT2D eigenvalue weighted by Crippen LogP contribution is 2.23. The Morgan fingerprint density at radius 2 is 1.92 bits per heavy atom. The average molecular weight is 345 g/mol. The molecule has 0 fully saturated rings. The molecule has 6 nitrogen and oxygen atoms in total. The van der Waals surface area contributed by atoms with Crippen molar-refractivity contribution in [1.82, 2.24) is 14.6 Å². The predicted molar refractivity (Wildman–Crippen MR) is 103 cm³/mol. The molecule has 0 spiro atoms. The Labute approximate surface area is 151 Å². The highest BCUT2D eigenvalue weighted by atomic mass is 16.5. The molecule has 6 heteroatoms. The monoisotopic (exact) mass is 345 g/mol. The molecule has 130 valence electrons. The number of anilines is 2. The Balaban J connectivity index is 1.59. The van der Waals surface area contributed by atoms with Crippen LogP contribution in [0.4, 0.5) is 11.5 Å². The lowest BCUT2D eigenvalue weighted by Gasteiger charge is -2.08. The van der Waals surface area contributed by atoms with Crippen LogP contribution in [0.25, 0.3) is 16.9 Å². The number of hydrogen-bond donors (Lipinski definition) is 2. The number of methoxy groups -OCH3 is 1. The predicted octanol–water partition coefficient (Wildman–Crippen LogP) is 3.60. The molecule has 2 heterocycles. The van der Waals surface area contributed by atoms with Gasteiger partial charge < -0.3 is 15.8 Å². The lowest BCUT2D eigenvalue weighted by atomic mass is 10.1. The number of rotatable bonds is 5. The fourth-order valence-corrected chi connectivity index (χ4v) is 2.80. The van der Waals surface area contributed by atoms with Crippen molar-refractivity contribution in [2.75, 3.05) is 18.2 Å². The van der Waals surface area contributed by atoms with Gasteiger partial charge in [-0.05, 0) is 42.0 Å². The zero-order valence-corrected chi connectivity index (χ0v) is 14.4. The van der Waals surface area contributed by atoms with E-state index >= 15 is 0 Å². The average Bonchev–Trinajstić information content (AvgIpc) is 3.10. The molecule has 4 rings (SSSR count). The van der Waals surface area contributed by atoms with Crippen molar-refractivity contribution in [2.24, 2.45) is 0 Å². The van der Waals surface area contributed by atoms with E-state index in [1.54, 1.807) is 7.11 Å². The van der Waals surface area contributed by atoms with E-state index in [0.717, 1.165) is 34.0 Å². The Morgan fingerprint density at radius 1 is 1.08 bits per heavy atom. The van der Waals surface area contributed by atoms with E-state index in [0.29, 0.717) is 12.2 Å². The second-order valence-electron chi connectivity index (χ2n) is 5.96. The van der Waals surface area contributed by atoms with Crippen molar-refractivity contribution in [1.29, 1.82) is 0 Å². The first kappa shape index (κ1) is 16.0. The topological polar surface area (TPSA) is 77.5 Å². The molecule has 0 aliphatic heterocycles. The van der Waals surface area contributed by atoms with Crippen LogP contribution in [0.3, 0.4) is 0 Å². The van der Waals surface area contributed by atoms with E-state index in [-0.39, 0.29) is 0 Å². The molecule has 2 aromatic heterocycles. The maximum absolute atomic E-state index is 5.90. The number of nitrogen functional groups attached to an aromatic ring is 1. The maximum atomic E-state index is 5.90. The van der Waals surface area contributed by atoms with E-state index in [2.05, 4.69) is 15.4 Å². The minimum Gasteiger partial charge on any atom is -0.497 e. The SMILES string of the molecule is COc1ccc(CNc2ccc3ncc(-c4cccc(N)c4)n3n2)cc1. The van der Waals surface area contributed by atoms with Gasteiger partial charge in [0.15, 0.2) is 5.65 Å². The third-order valence-corrected chi connectivity index (χ3v) is 4.18. The summed E-state index contributed by atoms with van der Waals surface area (Å²) in [5.74, 6) is 1.62. The van der Waals surface area contributed by atoms with Crippen molar-refractivity contribution in [3.05, 3.63) is 72.4 Å². The van der Waals surface area contributed by atoms with Gasteiger partial charge in [0.2, 0.25) is 0 Å². The van der Waals surface area contributed by atoms with Gasteiger partial charge in [-0.2, -0.15) is 0 Å². The Morgan fingerprint density at radius 3 is 2.69 bits per heavy atom. The number of nitrogens with zero attached hydrogens (tertiary/aromatic N) is 3. The lowest BCUT2D eigenvalue weighted by Crippen LogP contribution is -2.04. The fourth-order valence-electron chi connectivity index (χ4n) is 2.80. The molecule has 2 aromatic carbocycles. The lowest BCUT2D eigenvalue weighted by molar-refractivity contribution is 0.414. The normalized spacial score (nSPS) is 10.8. The number of ether oxygens (including phenoxy) is 1. The van der Waals surface area contributed by atoms with Gasteiger partial charge in [-0.1, -0.05) is 24.3 Å². The first-order valence-corrected chi connectivity index (χ1v) is 8.30.